The summed E-state index contributed by atoms with van der Waals surface area (Å²) in [6.07, 6.45) is 1.76. The average Bonchev–Trinajstić information content (AvgIpc) is 3.09. The van der Waals surface area contributed by atoms with Gasteiger partial charge in [0.15, 0.2) is 0 Å². The van der Waals surface area contributed by atoms with Crippen LogP contribution in [0.2, 0.25) is 0 Å². The summed E-state index contributed by atoms with van der Waals surface area (Å²) in [6.45, 7) is 6.20. The molecule has 0 aliphatic heterocycles. The van der Waals surface area contributed by atoms with Gasteiger partial charge in [-0.2, -0.15) is 5.10 Å². The lowest BCUT2D eigenvalue weighted by Gasteiger charge is -2.07. The van der Waals surface area contributed by atoms with Crippen molar-refractivity contribution < 1.29 is 9.84 Å². The fourth-order valence-corrected chi connectivity index (χ4v) is 3.36. The normalized spacial score (nSPS) is 12.2. The molecule has 0 atom stereocenters. The second-order valence-electron chi connectivity index (χ2n) is 5.81. The third-order valence-electron chi connectivity index (χ3n) is 3.96. The van der Waals surface area contributed by atoms with E-state index in [0.717, 1.165) is 33.1 Å². The van der Waals surface area contributed by atoms with Gasteiger partial charge in [-0.15, -0.1) is 17.9 Å². The molecule has 0 bridgehead atoms. The lowest BCUT2D eigenvalue weighted by Crippen LogP contribution is -2.14. The van der Waals surface area contributed by atoms with E-state index < -0.39 is 0 Å². The van der Waals surface area contributed by atoms with Crippen LogP contribution in [0.25, 0.3) is 11.3 Å². The quantitative estimate of drug-likeness (QED) is 0.513. The molecule has 0 radical (unpaired) electrons. The van der Waals surface area contributed by atoms with Crippen molar-refractivity contribution in [1.29, 1.82) is 0 Å². The van der Waals surface area contributed by atoms with Crippen molar-refractivity contribution in [2.75, 3.05) is 13.7 Å². The minimum Gasteiger partial charge on any atom is -0.508 e. The van der Waals surface area contributed by atoms with E-state index in [4.69, 9.17) is 9.84 Å². The summed E-state index contributed by atoms with van der Waals surface area (Å²) in [5.41, 5.74) is 3.73. The predicted octanol–water partition coefficient (Wildman–Crippen LogP) is 4.29. The fourth-order valence-electron chi connectivity index (χ4n) is 2.52. The molecule has 3 rings (SSSR count). The highest BCUT2D eigenvalue weighted by Gasteiger charge is 2.09. The smallest absolute Gasteiger partial charge is 0.206 e. The monoisotopic (exact) mass is 379 g/mol. The maximum Gasteiger partial charge on any atom is 0.206 e. The minimum absolute atomic E-state index is 0.232. The van der Waals surface area contributed by atoms with Crippen LogP contribution >= 0.6 is 11.3 Å². The van der Waals surface area contributed by atoms with Crippen molar-refractivity contribution in [3.8, 4) is 22.8 Å². The number of hydrogen-bond donors (Lipinski definition) is 1. The standard InChI is InChI=1S/C21H21N3O2S/c1-4-13-22-21-24(23-15(2)16-5-9-18(25)10-6-16)20(14-27-21)17-7-11-19(26-3)12-8-17/h4-12,14,25H,1,13H2,2-3H3. The summed E-state index contributed by atoms with van der Waals surface area (Å²) in [7, 11) is 1.65. The maximum absolute atomic E-state index is 9.49. The van der Waals surface area contributed by atoms with Crippen LogP contribution in [0, 0.1) is 0 Å². The van der Waals surface area contributed by atoms with Gasteiger partial charge in [-0.25, -0.2) is 4.68 Å². The second-order valence-corrected chi connectivity index (χ2v) is 6.64. The van der Waals surface area contributed by atoms with Crippen LogP contribution in [0.1, 0.15) is 12.5 Å². The highest BCUT2D eigenvalue weighted by atomic mass is 32.1. The van der Waals surface area contributed by atoms with Gasteiger partial charge in [0.25, 0.3) is 0 Å². The van der Waals surface area contributed by atoms with Crippen LogP contribution in [0.3, 0.4) is 0 Å². The molecule has 5 nitrogen and oxygen atoms in total. The molecular weight excluding hydrogens is 358 g/mol. The topological polar surface area (TPSA) is 59.1 Å². The Balaban J connectivity index is 2.10. The van der Waals surface area contributed by atoms with Crippen molar-refractivity contribution in [3.63, 3.8) is 0 Å². The van der Waals surface area contributed by atoms with Gasteiger partial charge in [0.2, 0.25) is 4.80 Å². The van der Waals surface area contributed by atoms with Crippen LogP contribution in [-0.4, -0.2) is 29.1 Å². The molecule has 0 saturated heterocycles. The van der Waals surface area contributed by atoms with Crippen molar-refractivity contribution in [1.82, 2.24) is 4.68 Å². The Morgan fingerprint density at radius 1 is 1.19 bits per heavy atom. The first-order chi connectivity index (χ1) is 13.1. The fraction of sp³-hybridized carbons (Fsp3) is 0.143. The maximum atomic E-state index is 9.49. The van der Waals surface area contributed by atoms with Gasteiger partial charge in [0.05, 0.1) is 25.1 Å². The van der Waals surface area contributed by atoms with Crippen molar-refractivity contribution in [3.05, 3.63) is 76.9 Å². The zero-order valence-electron chi connectivity index (χ0n) is 15.3. The number of aromatic hydroxyl groups is 1. The zero-order valence-corrected chi connectivity index (χ0v) is 16.1. The SMILES string of the molecule is C=CCN=c1scc(-c2ccc(OC)cc2)n1N=C(C)c1ccc(O)cc1. The number of thiazole rings is 1. The number of methoxy groups -OCH3 is 1. The number of aromatic nitrogens is 1. The van der Waals surface area contributed by atoms with E-state index in [1.54, 1.807) is 25.3 Å². The minimum atomic E-state index is 0.232. The predicted molar refractivity (Wildman–Crippen MR) is 111 cm³/mol. The van der Waals surface area contributed by atoms with Crippen molar-refractivity contribution >= 4 is 17.0 Å². The molecular formula is C21H21N3O2S. The van der Waals surface area contributed by atoms with Crippen molar-refractivity contribution in [2.45, 2.75) is 6.92 Å². The number of rotatable bonds is 6. The Morgan fingerprint density at radius 2 is 1.89 bits per heavy atom. The molecule has 0 spiro atoms. The van der Waals surface area contributed by atoms with E-state index in [1.807, 2.05) is 53.4 Å². The summed E-state index contributed by atoms with van der Waals surface area (Å²) in [5.74, 6) is 1.04. The molecule has 2 aromatic carbocycles. The third-order valence-corrected chi connectivity index (χ3v) is 4.82. The highest BCUT2D eigenvalue weighted by Crippen LogP contribution is 2.23. The molecule has 1 heterocycles. The summed E-state index contributed by atoms with van der Waals surface area (Å²) in [4.78, 5) is 5.35. The Bertz CT molecular complexity index is 1010. The molecule has 0 saturated carbocycles. The lowest BCUT2D eigenvalue weighted by atomic mass is 10.1. The number of phenolic OH excluding ortho intramolecular Hbond substituents is 1. The molecule has 1 aromatic heterocycles. The number of benzene rings is 2. The molecule has 0 unspecified atom stereocenters. The molecule has 138 valence electrons. The lowest BCUT2D eigenvalue weighted by molar-refractivity contribution is 0.415. The molecule has 1 N–H and O–H groups in total. The summed E-state index contributed by atoms with van der Waals surface area (Å²) in [6, 6.07) is 14.8. The summed E-state index contributed by atoms with van der Waals surface area (Å²) < 4.78 is 7.09. The molecule has 3 aromatic rings. The Morgan fingerprint density at radius 3 is 2.52 bits per heavy atom. The first-order valence-corrected chi connectivity index (χ1v) is 9.31. The van der Waals surface area contributed by atoms with Crippen LogP contribution in [0.15, 0.2) is 76.7 Å². The number of nitrogens with zero attached hydrogens (tertiary/aromatic N) is 3. The molecule has 6 heteroatoms. The second kappa shape index (κ2) is 8.51. The van der Waals surface area contributed by atoms with Gasteiger partial charge in [0.1, 0.15) is 11.5 Å². The number of hydrogen-bond acceptors (Lipinski definition) is 5. The van der Waals surface area contributed by atoms with E-state index in [9.17, 15) is 5.11 Å². The van der Waals surface area contributed by atoms with E-state index in [0.29, 0.717) is 6.54 Å². The highest BCUT2D eigenvalue weighted by molar-refractivity contribution is 7.07. The van der Waals surface area contributed by atoms with E-state index in [1.165, 1.54) is 11.3 Å². The molecule has 0 fully saturated rings. The van der Waals surface area contributed by atoms with E-state index in [2.05, 4.69) is 11.6 Å². The van der Waals surface area contributed by atoms with E-state index >= 15 is 0 Å². The van der Waals surface area contributed by atoms with Crippen LogP contribution in [0.5, 0.6) is 11.5 Å². The van der Waals surface area contributed by atoms with Crippen molar-refractivity contribution in [2.24, 2.45) is 10.1 Å². The summed E-state index contributed by atoms with van der Waals surface area (Å²) >= 11 is 1.53. The van der Waals surface area contributed by atoms with Gasteiger partial charge >= 0.3 is 0 Å². The summed E-state index contributed by atoms with van der Waals surface area (Å²) in [5, 5.41) is 16.3. The van der Waals surface area contributed by atoms with Gasteiger partial charge in [-0.1, -0.05) is 6.08 Å². The number of phenols is 1. The first kappa shape index (κ1) is 18.7. The first-order valence-electron chi connectivity index (χ1n) is 8.43. The van der Waals surface area contributed by atoms with E-state index in [-0.39, 0.29) is 5.75 Å². The number of ether oxygens (including phenoxy) is 1. The van der Waals surface area contributed by atoms with Gasteiger partial charge in [-0.05, 0) is 61.0 Å². The van der Waals surface area contributed by atoms with Gasteiger partial charge in [-0.3, -0.25) is 4.99 Å². The molecule has 0 aliphatic carbocycles. The Kier molecular flexibility index (Phi) is 5.88. The Hall–Kier alpha value is -3.12. The molecule has 0 aliphatic rings. The zero-order chi connectivity index (χ0) is 19.2. The van der Waals surface area contributed by atoms with Crippen LogP contribution < -0.4 is 9.54 Å². The third kappa shape index (κ3) is 4.35. The van der Waals surface area contributed by atoms with Crippen LogP contribution in [-0.2, 0) is 0 Å². The molecule has 27 heavy (non-hydrogen) atoms. The largest absolute Gasteiger partial charge is 0.508 e. The molecule has 0 amide bonds. The van der Waals surface area contributed by atoms with Gasteiger partial charge in [0, 0.05) is 10.9 Å². The Labute approximate surface area is 162 Å². The van der Waals surface area contributed by atoms with Gasteiger partial charge < -0.3 is 9.84 Å². The average molecular weight is 379 g/mol. The van der Waals surface area contributed by atoms with Crippen LogP contribution in [0.4, 0.5) is 0 Å².